The first-order valence-corrected chi connectivity index (χ1v) is 6.00. The normalized spacial score (nSPS) is 14.6. The van der Waals surface area contributed by atoms with Crippen molar-refractivity contribution < 1.29 is 4.79 Å². The molecule has 0 aliphatic carbocycles. The second-order valence-electron chi connectivity index (χ2n) is 3.03. The average molecular weight is 247 g/mol. The zero-order valence-corrected chi connectivity index (χ0v) is 10.1. The summed E-state index contributed by atoms with van der Waals surface area (Å²) in [4.78, 5) is 11.2. The molecule has 2 unspecified atom stereocenters. The molecule has 1 amide bonds. The van der Waals surface area contributed by atoms with Gasteiger partial charge in [0.2, 0.25) is 11.0 Å². The highest BCUT2D eigenvalue weighted by molar-refractivity contribution is 8.01. The number of anilines is 1. The van der Waals surface area contributed by atoms with Gasteiger partial charge in [0, 0.05) is 11.2 Å². The SMILES string of the molecule is CC(Sc1nnc(N)s1)C(C)C(=O)NN. The lowest BCUT2D eigenvalue weighted by Gasteiger charge is -2.15. The predicted molar refractivity (Wildman–Crippen MR) is 61.1 cm³/mol. The van der Waals surface area contributed by atoms with E-state index >= 15 is 0 Å². The largest absolute Gasteiger partial charge is 0.374 e. The molecular weight excluding hydrogens is 234 g/mol. The lowest BCUT2D eigenvalue weighted by atomic mass is 10.1. The Hall–Kier alpha value is -0.860. The summed E-state index contributed by atoms with van der Waals surface area (Å²) in [6, 6.07) is 0. The van der Waals surface area contributed by atoms with Crippen LogP contribution in [0.1, 0.15) is 13.8 Å². The number of nitrogen functional groups attached to an aromatic ring is 1. The Morgan fingerprint density at radius 2 is 2.20 bits per heavy atom. The number of thioether (sulfide) groups is 1. The standard InChI is InChI=1S/C7H13N5OS2/c1-3(5(13)10-9)4(2)14-7-12-11-6(8)15-7/h3-4H,9H2,1-2H3,(H2,8,11)(H,10,13). The molecule has 15 heavy (non-hydrogen) atoms. The number of aromatic nitrogens is 2. The van der Waals surface area contributed by atoms with Gasteiger partial charge in [0.1, 0.15) is 0 Å². The van der Waals surface area contributed by atoms with E-state index in [9.17, 15) is 4.79 Å². The number of amides is 1. The molecule has 5 N–H and O–H groups in total. The van der Waals surface area contributed by atoms with Crippen molar-refractivity contribution in [1.29, 1.82) is 0 Å². The van der Waals surface area contributed by atoms with Gasteiger partial charge in [-0.05, 0) is 0 Å². The Morgan fingerprint density at radius 3 is 2.67 bits per heavy atom. The maximum Gasteiger partial charge on any atom is 0.237 e. The van der Waals surface area contributed by atoms with Crippen LogP contribution in [0.2, 0.25) is 0 Å². The van der Waals surface area contributed by atoms with Gasteiger partial charge in [-0.2, -0.15) is 0 Å². The van der Waals surface area contributed by atoms with E-state index in [1.54, 1.807) is 0 Å². The summed E-state index contributed by atoms with van der Waals surface area (Å²) < 4.78 is 0.761. The van der Waals surface area contributed by atoms with Crippen LogP contribution in [0, 0.1) is 5.92 Å². The highest BCUT2D eigenvalue weighted by Crippen LogP contribution is 2.30. The summed E-state index contributed by atoms with van der Waals surface area (Å²) in [6.07, 6.45) is 0. The van der Waals surface area contributed by atoms with Crippen LogP contribution >= 0.6 is 23.1 Å². The number of hydrogen-bond donors (Lipinski definition) is 3. The number of nitrogens with two attached hydrogens (primary N) is 2. The summed E-state index contributed by atoms with van der Waals surface area (Å²) in [7, 11) is 0. The van der Waals surface area contributed by atoms with Crippen LogP contribution in [0.4, 0.5) is 5.13 Å². The molecule has 2 atom stereocenters. The van der Waals surface area contributed by atoms with Crippen molar-refractivity contribution in [3.63, 3.8) is 0 Å². The number of nitrogens with one attached hydrogen (secondary N) is 1. The molecule has 1 aromatic rings. The van der Waals surface area contributed by atoms with E-state index in [0.29, 0.717) is 5.13 Å². The first-order chi connectivity index (χ1) is 7.04. The highest BCUT2D eigenvalue weighted by Gasteiger charge is 2.21. The fraction of sp³-hybridized carbons (Fsp3) is 0.571. The highest BCUT2D eigenvalue weighted by atomic mass is 32.2. The smallest absolute Gasteiger partial charge is 0.237 e. The fourth-order valence-corrected chi connectivity index (χ4v) is 2.85. The van der Waals surface area contributed by atoms with Gasteiger partial charge in [0.25, 0.3) is 0 Å². The van der Waals surface area contributed by atoms with Crippen molar-refractivity contribution in [1.82, 2.24) is 15.6 Å². The minimum absolute atomic E-state index is 0.0703. The molecular formula is C7H13N5OS2. The van der Waals surface area contributed by atoms with Crippen LogP contribution in [-0.4, -0.2) is 21.4 Å². The zero-order valence-electron chi connectivity index (χ0n) is 8.43. The van der Waals surface area contributed by atoms with Crippen LogP contribution in [-0.2, 0) is 4.79 Å². The van der Waals surface area contributed by atoms with E-state index in [2.05, 4.69) is 15.6 Å². The predicted octanol–water partition coefficient (Wildman–Crippen LogP) is 0.227. The molecule has 0 aliphatic heterocycles. The van der Waals surface area contributed by atoms with Gasteiger partial charge < -0.3 is 5.73 Å². The van der Waals surface area contributed by atoms with E-state index in [4.69, 9.17) is 11.6 Å². The second kappa shape index (κ2) is 5.29. The van der Waals surface area contributed by atoms with Crippen molar-refractivity contribution >= 4 is 34.1 Å². The number of nitrogens with zero attached hydrogens (tertiary/aromatic N) is 2. The Kier molecular flexibility index (Phi) is 4.30. The summed E-state index contributed by atoms with van der Waals surface area (Å²) >= 11 is 2.77. The zero-order chi connectivity index (χ0) is 11.4. The molecule has 0 radical (unpaired) electrons. The Balaban J connectivity index is 2.55. The van der Waals surface area contributed by atoms with Gasteiger partial charge in [-0.3, -0.25) is 10.2 Å². The first-order valence-electron chi connectivity index (χ1n) is 4.30. The molecule has 0 spiro atoms. The third kappa shape index (κ3) is 3.33. The molecule has 0 saturated heterocycles. The number of hydrogen-bond acceptors (Lipinski definition) is 7. The van der Waals surface area contributed by atoms with E-state index in [1.807, 2.05) is 13.8 Å². The molecule has 8 heteroatoms. The van der Waals surface area contributed by atoms with Gasteiger partial charge in [-0.15, -0.1) is 10.2 Å². The van der Waals surface area contributed by atoms with Crippen LogP contribution in [0.15, 0.2) is 4.34 Å². The number of carbonyl (C=O) groups is 1. The van der Waals surface area contributed by atoms with Crippen LogP contribution in [0.25, 0.3) is 0 Å². The van der Waals surface area contributed by atoms with Gasteiger partial charge in [0.05, 0.1) is 0 Å². The topological polar surface area (TPSA) is 107 Å². The van der Waals surface area contributed by atoms with Gasteiger partial charge in [-0.1, -0.05) is 36.9 Å². The Labute approximate surface area is 95.8 Å². The number of hydrazine groups is 1. The van der Waals surface area contributed by atoms with Gasteiger partial charge in [-0.25, -0.2) is 5.84 Å². The van der Waals surface area contributed by atoms with Crippen LogP contribution in [0.5, 0.6) is 0 Å². The van der Waals surface area contributed by atoms with Crippen molar-refractivity contribution in [2.75, 3.05) is 5.73 Å². The molecule has 1 heterocycles. The number of rotatable bonds is 4. The van der Waals surface area contributed by atoms with Crippen molar-refractivity contribution in [2.24, 2.45) is 11.8 Å². The van der Waals surface area contributed by atoms with Crippen molar-refractivity contribution in [2.45, 2.75) is 23.4 Å². The summed E-state index contributed by atoms with van der Waals surface area (Å²) in [5, 5.41) is 8.06. The van der Waals surface area contributed by atoms with E-state index < -0.39 is 0 Å². The Bertz CT molecular complexity index is 342. The molecule has 6 nitrogen and oxygen atoms in total. The van der Waals surface area contributed by atoms with Crippen molar-refractivity contribution in [3.05, 3.63) is 0 Å². The number of carbonyl (C=O) groups excluding carboxylic acids is 1. The summed E-state index contributed by atoms with van der Waals surface area (Å²) in [5.74, 6) is 4.68. The van der Waals surface area contributed by atoms with E-state index in [0.717, 1.165) is 4.34 Å². The van der Waals surface area contributed by atoms with Gasteiger partial charge >= 0.3 is 0 Å². The van der Waals surface area contributed by atoms with Crippen LogP contribution in [0.3, 0.4) is 0 Å². The molecule has 0 saturated carbocycles. The third-order valence-corrected chi connectivity index (χ3v) is 4.12. The lowest BCUT2D eigenvalue weighted by molar-refractivity contribution is -0.124. The Morgan fingerprint density at radius 1 is 1.53 bits per heavy atom. The fourth-order valence-electron chi connectivity index (χ4n) is 0.874. The molecule has 0 bridgehead atoms. The third-order valence-electron chi connectivity index (χ3n) is 1.97. The molecule has 0 aromatic carbocycles. The minimum Gasteiger partial charge on any atom is -0.374 e. The van der Waals surface area contributed by atoms with E-state index in [1.165, 1.54) is 23.1 Å². The molecule has 0 fully saturated rings. The van der Waals surface area contributed by atoms with Gasteiger partial charge in [0.15, 0.2) is 4.34 Å². The molecule has 84 valence electrons. The molecule has 1 rings (SSSR count). The van der Waals surface area contributed by atoms with Crippen LogP contribution < -0.4 is 17.0 Å². The average Bonchev–Trinajstić information content (AvgIpc) is 2.61. The van der Waals surface area contributed by atoms with E-state index in [-0.39, 0.29) is 17.1 Å². The second-order valence-corrected chi connectivity index (χ2v) is 5.66. The lowest BCUT2D eigenvalue weighted by Crippen LogP contribution is -2.38. The minimum atomic E-state index is -0.190. The molecule has 0 aliphatic rings. The summed E-state index contributed by atoms with van der Waals surface area (Å²) in [5.41, 5.74) is 7.58. The monoisotopic (exact) mass is 247 g/mol. The maximum absolute atomic E-state index is 11.2. The first kappa shape index (κ1) is 12.2. The summed E-state index contributed by atoms with van der Waals surface area (Å²) in [6.45, 7) is 3.74. The molecule has 1 aromatic heterocycles. The van der Waals surface area contributed by atoms with Crippen molar-refractivity contribution in [3.8, 4) is 0 Å². The quantitative estimate of drug-likeness (QED) is 0.304. The maximum atomic E-state index is 11.2.